The minimum absolute atomic E-state index is 0.0664. The molecule has 4 N–H and O–H groups in total. The fourth-order valence-electron chi connectivity index (χ4n) is 1.36. The molecule has 0 aliphatic heterocycles. The zero-order chi connectivity index (χ0) is 12.6. The molecule has 5 heteroatoms. The average Bonchev–Trinajstić information content (AvgIpc) is 2.14. The van der Waals surface area contributed by atoms with E-state index in [1.54, 1.807) is 12.1 Å². The molecule has 1 atom stereocenters. The molecule has 16 heavy (non-hydrogen) atoms. The van der Waals surface area contributed by atoms with Gasteiger partial charge in [-0.3, -0.25) is 0 Å². The summed E-state index contributed by atoms with van der Waals surface area (Å²) in [5, 5.41) is 5.01. The third-order valence-electron chi connectivity index (χ3n) is 2.50. The van der Waals surface area contributed by atoms with Crippen molar-refractivity contribution in [3.8, 4) is 0 Å². The first-order valence-corrected chi connectivity index (χ1v) is 6.55. The van der Waals surface area contributed by atoms with Crippen LogP contribution in [0.2, 0.25) is 0 Å². The molecule has 0 amide bonds. The van der Waals surface area contributed by atoms with Crippen molar-refractivity contribution in [3.05, 3.63) is 29.8 Å². The van der Waals surface area contributed by atoms with Gasteiger partial charge < -0.3 is 5.73 Å². The van der Waals surface area contributed by atoms with Crippen molar-refractivity contribution < 1.29 is 8.42 Å². The fraction of sp³-hybridized carbons (Fsp3) is 0.455. The Morgan fingerprint density at radius 2 is 1.56 bits per heavy atom. The highest BCUT2D eigenvalue weighted by molar-refractivity contribution is 7.89. The number of hydrogen-bond donors (Lipinski definition) is 2. The molecule has 0 heterocycles. The van der Waals surface area contributed by atoms with Crippen LogP contribution in [0.4, 0.5) is 0 Å². The van der Waals surface area contributed by atoms with Crippen LogP contribution in [-0.4, -0.2) is 8.42 Å². The molecule has 1 rings (SSSR count). The Labute approximate surface area is 96.7 Å². The van der Waals surface area contributed by atoms with Crippen LogP contribution < -0.4 is 10.9 Å². The maximum atomic E-state index is 11.1. The molecule has 0 saturated heterocycles. The number of hydrogen-bond acceptors (Lipinski definition) is 3. The zero-order valence-electron chi connectivity index (χ0n) is 9.77. The summed E-state index contributed by atoms with van der Waals surface area (Å²) in [5.74, 6) is 0. The van der Waals surface area contributed by atoms with Gasteiger partial charge in [-0.05, 0) is 23.1 Å². The Morgan fingerprint density at radius 1 is 1.12 bits per heavy atom. The Kier molecular flexibility index (Phi) is 3.42. The van der Waals surface area contributed by atoms with Gasteiger partial charge in [0.25, 0.3) is 0 Å². The number of rotatable bonds is 2. The number of sulfonamides is 1. The second kappa shape index (κ2) is 4.16. The van der Waals surface area contributed by atoms with Crippen LogP contribution in [0.25, 0.3) is 0 Å². The van der Waals surface area contributed by atoms with Crippen molar-refractivity contribution >= 4 is 10.0 Å². The van der Waals surface area contributed by atoms with Gasteiger partial charge in [0.1, 0.15) is 0 Å². The van der Waals surface area contributed by atoms with E-state index in [2.05, 4.69) is 0 Å². The Hall–Kier alpha value is -0.910. The lowest BCUT2D eigenvalue weighted by atomic mass is 9.83. The van der Waals surface area contributed by atoms with E-state index in [4.69, 9.17) is 10.9 Å². The first kappa shape index (κ1) is 13.2. The molecule has 0 aliphatic rings. The van der Waals surface area contributed by atoms with Crippen LogP contribution in [0.15, 0.2) is 29.2 Å². The minimum atomic E-state index is -3.62. The lowest BCUT2D eigenvalue weighted by Crippen LogP contribution is -2.26. The summed E-state index contributed by atoms with van der Waals surface area (Å²) >= 11 is 0. The first-order chi connectivity index (χ1) is 7.12. The van der Waals surface area contributed by atoms with Crippen molar-refractivity contribution in [3.63, 3.8) is 0 Å². The van der Waals surface area contributed by atoms with Gasteiger partial charge >= 0.3 is 0 Å². The molecule has 4 nitrogen and oxygen atoms in total. The van der Waals surface area contributed by atoms with Crippen molar-refractivity contribution in [1.82, 2.24) is 0 Å². The van der Waals surface area contributed by atoms with Crippen molar-refractivity contribution in [2.24, 2.45) is 16.3 Å². The normalized spacial score (nSPS) is 14.8. The Bertz CT molecular complexity index is 458. The summed E-state index contributed by atoms with van der Waals surface area (Å²) in [6.45, 7) is 6.10. The van der Waals surface area contributed by atoms with E-state index < -0.39 is 10.0 Å². The van der Waals surface area contributed by atoms with Gasteiger partial charge in [-0.1, -0.05) is 32.9 Å². The van der Waals surface area contributed by atoms with E-state index in [1.807, 2.05) is 20.8 Å². The fourth-order valence-corrected chi connectivity index (χ4v) is 1.88. The molecule has 0 aromatic heterocycles. The summed E-state index contributed by atoms with van der Waals surface area (Å²) in [6, 6.07) is 6.24. The lowest BCUT2D eigenvalue weighted by Gasteiger charge is -2.27. The molecule has 0 fully saturated rings. The molecule has 0 bridgehead atoms. The smallest absolute Gasteiger partial charge is 0.238 e. The van der Waals surface area contributed by atoms with Gasteiger partial charge in [-0.25, -0.2) is 13.6 Å². The van der Waals surface area contributed by atoms with E-state index >= 15 is 0 Å². The predicted octanol–water partition coefficient (Wildman–Crippen LogP) is 1.38. The Balaban J connectivity index is 3.05. The number of benzene rings is 1. The van der Waals surface area contributed by atoms with E-state index in [1.165, 1.54) is 12.1 Å². The zero-order valence-corrected chi connectivity index (χ0v) is 10.6. The van der Waals surface area contributed by atoms with E-state index in [0.717, 1.165) is 5.56 Å². The summed E-state index contributed by atoms with van der Waals surface area (Å²) < 4.78 is 22.1. The van der Waals surface area contributed by atoms with Crippen molar-refractivity contribution in [2.45, 2.75) is 31.7 Å². The minimum Gasteiger partial charge on any atom is -0.324 e. The molecular formula is C11H18N2O2S. The van der Waals surface area contributed by atoms with Crippen LogP contribution in [0.5, 0.6) is 0 Å². The summed E-state index contributed by atoms with van der Waals surface area (Å²) in [4.78, 5) is 0.109. The Morgan fingerprint density at radius 3 is 1.88 bits per heavy atom. The maximum Gasteiger partial charge on any atom is 0.238 e. The van der Waals surface area contributed by atoms with Gasteiger partial charge in [0.2, 0.25) is 10.0 Å². The van der Waals surface area contributed by atoms with Crippen LogP contribution in [0.1, 0.15) is 32.4 Å². The van der Waals surface area contributed by atoms with Gasteiger partial charge in [-0.2, -0.15) is 0 Å². The van der Waals surface area contributed by atoms with Crippen molar-refractivity contribution in [2.75, 3.05) is 0 Å². The predicted molar refractivity (Wildman–Crippen MR) is 64.2 cm³/mol. The monoisotopic (exact) mass is 242 g/mol. The molecular weight excluding hydrogens is 224 g/mol. The molecule has 0 saturated carbocycles. The van der Waals surface area contributed by atoms with E-state index in [0.29, 0.717) is 0 Å². The highest BCUT2D eigenvalue weighted by Crippen LogP contribution is 2.30. The molecule has 90 valence electrons. The first-order valence-electron chi connectivity index (χ1n) is 5.01. The van der Waals surface area contributed by atoms with Crippen molar-refractivity contribution in [1.29, 1.82) is 0 Å². The number of nitrogens with two attached hydrogens (primary N) is 2. The third-order valence-corrected chi connectivity index (χ3v) is 3.43. The van der Waals surface area contributed by atoms with Crippen LogP contribution in [-0.2, 0) is 10.0 Å². The van der Waals surface area contributed by atoms with Gasteiger partial charge in [-0.15, -0.1) is 0 Å². The van der Waals surface area contributed by atoms with Crippen LogP contribution in [0, 0.1) is 5.41 Å². The quantitative estimate of drug-likeness (QED) is 0.821. The van der Waals surface area contributed by atoms with Gasteiger partial charge in [0.15, 0.2) is 0 Å². The molecule has 1 aromatic rings. The summed E-state index contributed by atoms with van der Waals surface area (Å²) in [6.07, 6.45) is 0. The molecule has 0 spiro atoms. The van der Waals surface area contributed by atoms with E-state index in [-0.39, 0.29) is 16.4 Å². The standard InChI is InChI=1S/C11H18N2O2S/c1-11(2,3)10(12)8-4-6-9(7-5-8)16(13,14)15/h4-7,10H,12H2,1-3H3,(H2,13,14,15). The summed E-state index contributed by atoms with van der Waals surface area (Å²) in [5.41, 5.74) is 6.89. The largest absolute Gasteiger partial charge is 0.324 e. The molecule has 0 radical (unpaired) electrons. The van der Waals surface area contributed by atoms with E-state index in [9.17, 15) is 8.42 Å². The average molecular weight is 242 g/mol. The van der Waals surface area contributed by atoms with Crippen LogP contribution >= 0.6 is 0 Å². The SMILES string of the molecule is CC(C)(C)C(N)c1ccc(S(N)(=O)=O)cc1. The van der Waals surface area contributed by atoms with Gasteiger partial charge in [0, 0.05) is 6.04 Å². The highest BCUT2D eigenvalue weighted by atomic mass is 32.2. The molecule has 1 aromatic carbocycles. The molecule has 1 unspecified atom stereocenters. The molecule has 0 aliphatic carbocycles. The second-order valence-electron chi connectivity index (χ2n) is 4.96. The second-order valence-corrected chi connectivity index (χ2v) is 6.52. The topological polar surface area (TPSA) is 86.2 Å². The van der Waals surface area contributed by atoms with Gasteiger partial charge in [0.05, 0.1) is 4.90 Å². The third kappa shape index (κ3) is 3.04. The summed E-state index contributed by atoms with van der Waals surface area (Å²) in [7, 11) is -3.62. The highest BCUT2D eigenvalue weighted by Gasteiger charge is 2.22. The lowest BCUT2D eigenvalue weighted by molar-refractivity contribution is 0.327. The van der Waals surface area contributed by atoms with Crippen LogP contribution in [0.3, 0.4) is 0 Å². The maximum absolute atomic E-state index is 11.1. The number of primary sulfonamides is 1.